The van der Waals surface area contributed by atoms with Crippen LogP contribution in [0.5, 0.6) is 5.75 Å². The number of unbranched alkanes of at least 4 members (excludes halogenated alkanes) is 3. The number of carbonyl (C=O) groups is 1. The maximum atomic E-state index is 10.6. The quantitative estimate of drug-likeness (QED) is 0.404. The molecule has 0 heterocycles. The van der Waals surface area contributed by atoms with Crippen LogP contribution in [0.15, 0.2) is 41.4 Å². The second kappa shape index (κ2) is 9.37. The molecule has 108 valence electrons. The molecule has 1 rings (SSSR count). The van der Waals surface area contributed by atoms with Crippen molar-refractivity contribution in [3.05, 3.63) is 47.0 Å². The molecule has 3 nitrogen and oxygen atoms in total. The topological polar surface area (TPSA) is 46.5 Å². The number of benzene rings is 1. The van der Waals surface area contributed by atoms with Gasteiger partial charge in [0.1, 0.15) is 5.75 Å². The Morgan fingerprint density at radius 2 is 2.15 bits per heavy atom. The van der Waals surface area contributed by atoms with Crippen molar-refractivity contribution in [2.45, 2.75) is 25.7 Å². The number of halogens is 1. The molecule has 0 aliphatic heterocycles. The molecule has 20 heavy (non-hydrogen) atoms. The molecule has 0 saturated heterocycles. The molecule has 1 N–H and O–H groups in total. The first-order valence-electron chi connectivity index (χ1n) is 6.57. The van der Waals surface area contributed by atoms with Crippen LogP contribution in [0.25, 0.3) is 6.08 Å². The highest BCUT2D eigenvalue weighted by atomic mass is 79.9. The third-order valence-electron chi connectivity index (χ3n) is 2.69. The highest BCUT2D eigenvalue weighted by Gasteiger charge is 2.02. The van der Waals surface area contributed by atoms with Crippen molar-refractivity contribution in [3.8, 4) is 5.75 Å². The molecule has 0 saturated carbocycles. The molecule has 0 aliphatic carbocycles. The van der Waals surface area contributed by atoms with E-state index in [0.717, 1.165) is 41.8 Å². The van der Waals surface area contributed by atoms with Crippen LogP contribution in [-0.4, -0.2) is 17.7 Å². The second-order valence-electron chi connectivity index (χ2n) is 4.34. The van der Waals surface area contributed by atoms with Gasteiger partial charge < -0.3 is 9.84 Å². The fraction of sp³-hybridized carbons (Fsp3) is 0.312. The minimum Gasteiger partial charge on any atom is -0.493 e. The molecule has 0 atom stereocenters. The lowest BCUT2D eigenvalue weighted by Crippen LogP contribution is -1.99. The van der Waals surface area contributed by atoms with E-state index < -0.39 is 5.97 Å². The number of aliphatic carboxylic acids is 1. The van der Waals surface area contributed by atoms with E-state index in [0.29, 0.717) is 12.4 Å². The number of carboxylic acid groups (broad SMARTS) is 1. The summed E-state index contributed by atoms with van der Waals surface area (Å²) < 4.78 is 6.60. The zero-order valence-corrected chi connectivity index (χ0v) is 12.9. The Bertz CT molecular complexity index is 481. The first kappa shape index (κ1) is 16.5. The average molecular weight is 339 g/mol. The van der Waals surface area contributed by atoms with Crippen LogP contribution in [0.4, 0.5) is 0 Å². The maximum Gasteiger partial charge on any atom is 0.328 e. The van der Waals surface area contributed by atoms with Crippen molar-refractivity contribution in [1.29, 1.82) is 0 Å². The Kier molecular flexibility index (Phi) is 7.73. The maximum absolute atomic E-state index is 10.6. The van der Waals surface area contributed by atoms with Crippen LogP contribution < -0.4 is 4.74 Å². The van der Waals surface area contributed by atoms with Crippen molar-refractivity contribution >= 4 is 28.0 Å². The summed E-state index contributed by atoms with van der Waals surface area (Å²) in [4.78, 5) is 10.6. The molecule has 0 amide bonds. The molecule has 4 heteroatoms. The Morgan fingerprint density at radius 1 is 1.35 bits per heavy atom. The van der Waals surface area contributed by atoms with E-state index in [4.69, 9.17) is 9.84 Å². The summed E-state index contributed by atoms with van der Waals surface area (Å²) in [5.41, 5.74) is 0.757. The zero-order valence-electron chi connectivity index (χ0n) is 11.3. The number of carboxylic acids is 1. The molecule has 0 radical (unpaired) electrons. The summed E-state index contributed by atoms with van der Waals surface area (Å²) in [7, 11) is 0. The van der Waals surface area contributed by atoms with Crippen molar-refractivity contribution in [1.82, 2.24) is 0 Å². The number of ether oxygens (including phenoxy) is 1. The van der Waals surface area contributed by atoms with E-state index in [9.17, 15) is 4.79 Å². The molecule has 0 bridgehead atoms. The van der Waals surface area contributed by atoms with E-state index in [1.54, 1.807) is 6.08 Å². The number of rotatable bonds is 9. The van der Waals surface area contributed by atoms with Gasteiger partial charge in [-0.05, 0) is 50.0 Å². The molecule has 0 aliphatic rings. The predicted molar refractivity (Wildman–Crippen MR) is 85.0 cm³/mol. The molecule has 1 aromatic rings. The van der Waals surface area contributed by atoms with Gasteiger partial charge in [0.15, 0.2) is 0 Å². The Hall–Kier alpha value is -1.55. The summed E-state index contributed by atoms with van der Waals surface area (Å²) in [6.45, 7) is 4.32. The smallest absolute Gasteiger partial charge is 0.328 e. The first-order chi connectivity index (χ1) is 9.63. The predicted octanol–water partition coefficient (Wildman–Crippen LogP) is 4.67. The van der Waals surface area contributed by atoms with E-state index in [-0.39, 0.29) is 0 Å². The van der Waals surface area contributed by atoms with Gasteiger partial charge >= 0.3 is 5.97 Å². The largest absolute Gasteiger partial charge is 0.493 e. The lowest BCUT2D eigenvalue weighted by Gasteiger charge is -2.09. The minimum atomic E-state index is -0.972. The highest BCUT2D eigenvalue weighted by Crippen LogP contribution is 2.24. The van der Waals surface area contributed by atoms with Gasteiger partial charge in [0.2, 0.25) is 0 Å². The van der Waals surface area contributed by atoms with Gasteiger partial charge in [-0.15, -0.1) is 6.58 Å². The lowest BCUT2D eigenvalue weighted by molar-refractivity contribution is -0.131. The van der Waals surface area contributed by atoms with E-state index >= 15 is 0 Å². The van der Waals surface area contributed by atoms with E-state index in [1.807, 2.05) is 24.3 Å². The highest BCUT2D eigenvalue weighted by molar-refractivity contribution is 9.10. The van der Waals surface area contributed by atoms with Gasteiger partial charge in [-0.1, -0.05) is 22.0 Å². The third kappa shape index (κ3) is 6.57. The Balaban J connectivity index is 2.55. The van der Waals surface area contributed by atoms with Gasteiger partial charge in [0.05, 0.1) is 6.61 Å². The molecule has 0 fully saturated rings. The number of hydrogen-bond donors (Lipinski definition) is 1. The molecular weight excluding hydrogens is 320 g/mol. The van der Waals surface area contributed by atoms with Crippen molar-refractivity contribution in [2.75, 3.05) is 6.61 Å². The lowest BCUT2D eigenvalue weighted by atomic mass is 10.2. The molecule has 0 spiro atoms. The standard InChI is InChI=1S/C16H19BrO3/c1-2-3-4-5-6-11-20-15-9-8-14(17)12-13(15)7-10-16(18)19/h2,7-10,12H,1,3-6,11H2,(H,18,19)/b10-7+. The van der Waals surface area contributed by atoms with E-state index in [1.165, 1.54) is 0 Å². The fourth-order valence-corrected chi connectivity index (χ4v) is 2.07. The van der Waals surface area contributed by atoms with Gasteiger partial charge in [-0.2, -0.15) is 0 Å². The Morgan fingerprint density at radius 3 is 2.85 bits per heavy atom. The first-order valence-corrected chi connectivity index (χ1v) is 7.37. The molecule has 1 aromatic carbocycles. The van der Waals surface area contributed by atoms with Gasteiger partial charge in [-0.3, -0.25) is 0 Å². The molecule has 0 unspecified atom stereocenters. The summed E-state index contributed by atoms with van der Waals surface area (Å²) in [5, 5.41) is 8.68. The van der Waals surface area contributed by atoms with Crippen LogP contribution in [0.3, 0.4) is 0 Å². The number of hydrogen-bond acceptors (Lipinski definition) is 2. The molecule has 0 aromatic heterocycles. The van der Waals surface area contributed by atoms with Crippen LogP contribution in [0, 0.1) is 0 Å². The monoisotopic (exact) mass is 338 g/mol. The summed E-state index contributed by atoms with van der Waals surface area (Å²) >= 11 is 3.37. The SMILES string of the molecule is C=CCCCCCOc1ccc(Br)cc1/C=C/C(=O)O. The summed E-state index contributed by atoms with van der Waals surface area (Å²) in [6, 6.07) is 5.56. The van der Waals surface area contributed by atoms with Crippen molar-refractivity contribution < 1.29 is 14.6 Å². The van der Waals surface area contributed by atoms with Crippen LogP contribution in [0.2, 0.25) is 0 Å². The van der Waals surface area contributed by atoms with Crippen LogP contribution in [-0.2, 0) is 4.79 Å². The minimum absolute atomic E-state index is 0.632. The van der Waals surface area contributed by atoms with Crippen molar-refractivity contribution in [2.24, 2.45) is 0 Å². The van der Waals surface area contributed by atoms with Gasteiger partial charge in [0, 0.05) is 16.1 Å². The van der Waals surface area contributed by atoms with Gasteiger partial charge in [-0.25, -0.2) is 4.79 Å². The van der Waals surface area contributed by atoms with Crippen LogP contribution in [0.1, 0.15) is 31.2 Å². The molecular formula is C16H19BrO3. The second-order valence-corrected chi connectivity index (χ2v) is 5.26. The van der Waals surface area contributed by atoms with Crippen LogP contribution >= 0.6 is 15.9 Å². The summed E-state index contributed by atoms with van der Waals surface area (Å²) in [5.74, 6) is -0.269. The Labute approximate surface area is 128 Å². The number of allylic oxidation sites excluding steroid dienone is 1. The normalized spacial score (nSPS) is 10.7. The third-order valence-corrected chi connectivity index (χ3v) is 3.18. The van der Waals surface area contributed by atoms with E-state index in [2.05, 4.69) is 22.5 Å². The average Bonchev–Trinajstić information content (AvgIpc) is 2.42. The van der Waals surface area contributed by atoms with Gasteiger partial charge in [0.25, 0.3) is 0 Å². The summed E-state index contributed by atoms with van der Waals surface area (Å²) in [6.07, 6.45) is 8.81. The zero-order chi connectivity index (χ0) is 14.8. The van der Waals surface area contributed by atoms with Crippen molar-refractivity contribution in [3.63, 3.8) is 0 Å². The fourth-order valence-electron chi connectivity index (χ4n) is 1.69.